The summed E-state index contributed by atoms with van der Waals surface area (Å²) in [5.74, 6) is -1.54. The van der Waals surface area contributed by atoms with Crippen molar-refractivity contribution >= 4 is 40.3 Å². The Morgan fingerprint density at radius 1 is 1.27 bits per heavy atom. The molecule has 1 N–H and O–H groups in total. The van der Waals surface area contributed by atoms with Crippen LogP contribution in [-0.4, -0.2) is 33.2 Å². The van der Waals surface area contributed by atoms with Gasteiger partial charge in [-0.25, -0.2) is 4.79 Å². The van der Waals surface area contributed by atoms with E-state index < -0.39 is 28.3 Å². The van der Waals surface area contributed by atoms with Gasteiger partial charge in [0.2, 0.25) is 0 Å². The van der Waals surface area contributed by atoms with Gasteiger partial charge in [-0.3, -0.25) is 29.9 Å². The van der Waals surface area contributed by atoms with Crippen molar-refractivity contribution in [2.75, 3.05) is 0 Å². The molecule has 8 nitrogen and oxygen atoms in total. The number of amides is 4. The molecule has 0 aliphatic carbocycles. The average molecular weight is 323 g/mol. The van der Waals surface area contributed by atoms with Gasteiger partial charge in [-0.2, -0.15) is 0 Å². The summed E-state index contributed by atoms with van der Waals surface area (Å²) in [6.07, 6.45) is 1.25. The Labute approximate surface area is 129 Å². The molecular weight excluding hydrogens is 310 g/mol. The van der Waals surface area contributed by atoms with Crippen LogP contribution in [0.1, 0.15) is 25.6 Å². The highest BCUT2D eigenvalue weighted by molar-refractivity contribution is 7.16. The van der Waals surface area contributed by atoms with Crippen LogP contribution in [0.2, 0.25) is 0 Å². The van der Waals surface area contributed by atoms with Crippen LogP contribution in [0.25, 0.3) is 6.08 Å². The maximum Gasteiger partial charge on any atom is 0.331 e. The number of nitro groups is 1. The summed E-state index contributed by atoms with van der Waals surface area (Å²) in [7, 11) is 0. The molecule has 1 aliphatic rings. The fraction of sp³-hybridized carbons (Fsp3) is 0.308. The van der Waals surface area contributed by atoms with Crippen molar-refractivity contribution in [3.05, 3.63) is 32.7 Å². The van der Waals surface area contributed by atoms with Gasteiger partial charge < -0.3 is 0 Å². The van der Waals surface area contributed by atoms with E-state index in [0.717, 1.165) is 16.2 Å². The first-order valence-electron chi connectivity index (χ1n) is 6.27. The highest BCUT2D eigenvalue weighted by atomic mass is 32.1. The Hall–Kier alpha value is -2.55. The number of thiophene rings is 1. The SMILES string of the molecule is CC(C)(C)N1C(=O)NC(=O)C(=Cc2ccc([N+](=O)[O-])s2)C1=O. The Bertz CT molecular complexity index is 714. The average Bonchev–Trinajstić information content (AvgIpc) is 2.81. The molecule has 0 radical (unpaired) electrons. The van der Waals surface area contributed by atoms with E-state index in [1.807, 2.05) is 0 Å². The second-order valence-electron chi connectivity index (χ2n) is 5.56. The van der Waals surface area contributed by atoms with Gasteiger partial charge in [-0.1, -0.05) is 11.3 Å². The van der Waals surface area contributed by atoms with Gasteiger partial charge in [-0.15, -0.1) is 0 Å². The lowest BCUT2D eigenvalue weighted by molar-refractivity contribution is -0.380. The van der Waals surface area contributed by atoms with E-state index in [1.165, 1.54) is 18.2 Å². The summed E-state index contributed by atoms with van der Waals surface area (Å²) in [5.41, 5.74) is -1.03. The summed E-state index contributed by atoms with van der Waals surface area (Å²) in [6, 6.07) is 1.94. The van der Waals surface area contributed by atoms with E-state index >= 15 is 0 Å². The Kier molecular flexibility index (Phi) is 3.84. The maximum absolute atomic E-state index is 12.4. The largest absolute Gasteiger partial charge is 0.331 e. The lowest BCUT2D eigenvalue weighted by Crippen LogP contribution is -2.60. The molecule has 0 saturated carbocycles. The molecule has 0 aromatic carbocycles. The van der Waals surface area contributed by atoms with Gasteiger partial charge in [0.15, 0.2) is 0 Å². The normalized spacial score (nSPS) is 17.9. The van der Waals surface area contributed by atoms with Crippen LogP contribution in [-0.2, 0) is 9.59 Å². The van der Waals surface area contributed by atoms with Gasteiger partial charge >= 0.3 is 11.0 Å². The number of urea groups is 1. The highest BCUT2D eigenvalue weighted by Gasteiger charge is 2.41. The van der Waals surface area contributed by atoms with Crippen molar-refractivity contribution in [1.82, 2.24) is 10.2 Å². The quantitative estimate of drug-likeness (QED) is 0.387. The second-order valence-corrected chi connectivity index (χ2v) is 6.66. The number of rotatable bonds is 2. The zero-order valence-electron chi connectivity index (χ0n) is 12.1. The topological polar surface area (TPSA) is 110 Å². The number of barbiturate groups is 1. The molecule has 0 bridgehead atoms. The molecule has 0 unspecified atom stereocenters. The summed E-state index contributed by atoms with van der Waals surface area (Å²) in [5, 5.41) is 12.7. The van der Waals surface area contributed by atoms with Crippen molar-refractivity contribution in [2.24, 2.45) is 0 Å². The number of hydrogen-bond acceptors (Lipinski definition) is 6. The fourth-order valence-electron chi connectivity index (χ4n) is 1.93. The van der Waals surface area contributed by atoms with E-state index in [2.05, 4.69) is 5.32 Å². The molecule has 2 rings (SSSR count). The molecule has 4 amide bonds. The van der Waals surface area contributed by atoms with E-state index in [-0.39, 0.29) is 10.6 Å². The van der Waals surface area contributed by atoms with Crippen LogP contribution < -0.4 is 5.32 Å². The number of imide groups is 2. The Balaban J connectivity index is 2.41. The van der Waals surface area contributed by atoms with Gasteiger partial charge in [0.1, 0.15) is 5.57 Å². The summed E-state index contributed by atoms with van der Waals surface area (Å²) in [4.78, 5) is 47.5. The van der Waals surface area contributed by atoms with Crippen LogP contribution in [0, 0.1) is 10.1 Å². The number of hydrogen-bond donors (Lipinski definition) is 1. The predicted molar refractivity (Wildman–Crippen MR) is 79.1 cm³/mol. The van der Waals surface area contributed by atoms with Crippen LogP contribution in [0.5, 0.6) is 0 Å². The molecule has 1 fully saturated rings. The van der Waals surface area contributed by atoms with Gasteiger partial charge in [0.25, 0.3) is 11.8 Å². The van der Waals surface area contributed by atoms with Crippen LogP contribution in [0.15, 0.2) is 17.7 Å². The molecule has 0 spiro atoms. The first-order chi connectivity index (χ1) is 10.1. The number of carbonyl (C=O) groups is 3. The van der Waals surface area contributed by atoms with Gasteiger partial charge in [0, 0.05) is 16.5 Å². The van der Waals surface area contributed by atoms with Crippen molar-refractivity contribution in [1.29, 1.82) is 0 Å². The third-order valence-corrected chi connectivity index (χ3v) is 3.84. The summed E-state index contributed by atoms with van der Waals surface area (Å²) in [6.45, 7) is 4.98. The molecule has 1 aliphatic heterocycles. The van der Waals surface area contributed by atoms with Crippen LogP contribution in [0.3, 0.4) is 0 Å². The highest BCUT2D eigenvalue weighted by Crippen LogP contribution is 2.28. The van der Waals surface area contributed by atoms with Crippen LogP contribution >= 0.6 is 11.3 Å². The lowest BCUT2D eigenvalue weighted by Gasteiger charge is -2.36. The molecule has 1 saturated heterocycles. The van der Waals surface area contributed by atoms with Crippen molar-refractivity contribution in [2.45, 2.75) is 26.3 Å². The first kappa shape index (κ1) is 15.8. The number of nitrogens with zero attached hydrogens (tertiary/aromatic N) is 2. The molecule has 2 heterocycles. The molecule has 1 aromatic heterocycles. The summed E-state index contributed by atoms with van der Waals surface area (Å²) < 4.78 is 0. The van der Waals surface area contributed by atoms with Crippen LogP contribution in [0.4, 0.5) is 9.80 Å². The minimum atomic E-state index is -0.813. The fourth-order valence-corrected chi connectivity index (χ4v) is 2.69. The second kappa shape index (κ2) is 5.34. The smallest absolute Gasteiger partial charge is 0.273 e. The third kappa shape index (κ3) is 2.89. The van der Waals surface area contributed by atoms with Crippen molar-refractivity contribution < 1.29 is 19.3 Å². The van der Waals surface area contributed by atoms with Crippen molar-refractivity contribution in [3.63, 3.8) is 0 Å². The van der Waals surface area contributed by atoms with Crippen molar-refractivity contribution in [3.8, 4) is 0 Å². The number of nitrogens with one attached hydrogen (secondary N) is 1. The van der Waals surface area contributed by atoms with Gasteiger partial charge in [-0.05, 0) is 32.9 Å². The first-order valence-corrected chi connectivity index (χ1v) is 7.08. The van der Waals surface area contributed by atoms with Gasteiger partial charge in [0.05, 0.1) is 4.92 Å². The third-order valence-electron chi connectivity index (χ3n) is 2.85. The zero-order valence-corrected chi connectivity index (χ0v) is 12.9. The molecule has 22 heavy (non-hydrogen) atoms. The molecule has 0 atom stereocenters. The standard InChI is InChI=1S/C13H13N3O5S/c1-13(2,3)15-11(18)8(10(17)14-12(15)19)6-7-4-5-9(22-7)16(20)21/h4-6H,1-3H3,(H,14,17,19). The molecular formula is C13H13N3O5S. The molecule has 9 heteroatoms. The lowest BCUT2D eigenvalue weighted by atomic mass is 10.0. The molecule has 1 aromatic rings. The monoisotopic (exact) mass is 323 g/mol. The Morgan fingerprint density at radius 2 is 1.91 bits per heavy atom. The summed E-state index contributed by atoms with van der Waals surface area (Å²) >= 11 is 0.837. The minimum Gasteiger partial charge on any atom is -0.273 e. The van der Waals surface area contributed by atoms with E-state index in [0.29, 0.717) is 4.88 Å². The molecule has 116 valence electrons. The van der Waals surface area contributed by atoms with E-state index in [4.69, 9.17) is 0 Å². The van der Waals surface area contributed by atoms with E-state index in [9.17, 15) is 24.5 Å². The minimum absolute atomic E-state index is 0.0979. The van der Waals surface area contributed by atoms with E-state index in [1.54, 1.807) is 20.8 Å². The zero-order chi connectivity index (χ0) is 16.7. The number of carbonyl (C=O) groups excluding carboxylic acids is 3. The Morgan fingerprint density at radius 3 is 2.41 bits per heavy atom. The predicted octanol–water partition coefficient (Wildman–Crippen LogP) is 1.92. The maximum atomic E-state index is 12.4.